The normalized spacial score (nSPS) is 11.3. The first-order chi connectivity index (χ1) is 16.2. The van der Waals surface area contributed by atoms with Crippen LogP contribution in [0.4, 0.5) is 0 Å². The monoisotopic (exact) mass is 447 g/mol. The minimum Gasteiger partial charge on any atom is -0.345 e. The molecule has 6 rings (SSSR count). The lowest BCUT2D eigenvalue weighted by Crippen LogP contribution is -2.08. The number of H-pyrrole nitrogens is 1. The fourth-order valence-corrected chi connectivity index (χ4v) is 4.80. The van der Waals surface area contributed by atoms with Crippen molar-refractivity contribution in [2.45, 2.75) is 6.92 Å². The van der Waals surface area contributed by atoms with Crippen LogP contribution in [0.15, 0.2) is 84.3 Å². The molecule has 0 saturated carbocycles. The van der Waals surface area contributed by atoms with Gasteiger partial charge in [0.2, 0.25) is 0 Å². The van der Waals surface area contributed by atoms with Crippen molar-refractivity contribution in [1.82, 2.24) is 24.9 Å². The van der Waals surface area contributed by atoms with Crippen LogP contribution in [0.25, 0.3) is 54.8 Å². The Morgan fingerprint density at radius 2 is 1.79 bits per heavy atom. The highest BCUT2D eigenvalue weighted by molar-refractivity contribution is 7.15. The molecule has 1 N–H and O–H groups in total. The number of benzene rings is 1. The van der Waals surface area contributed by atoms with Crippen molar-refractivity contribution in [2.24, 2.45) is 0 Å². The second-order valence-electron chi connectivity index (χ2n) is 7.70. The summed E-state index contributed by atoms with van der Waals surface area (Å²) < 4.78 is 0. The van der Waals surface area contributed by atoms with Crippen LogP contribution < -0.4 is 5.43 Å². The molecule has 0 amide bonds. The van der Waals surface area contributed by atoms with E-state index in [0.717, 1.165) is 43.2 Å². The Morgan fingerprint density at radius 3 is 2.61 bits per heavy atom. The van der Waals surface area contributed by atoms with Crippen molar-refractivity contribution < 1.29 is 0 Å². The first-order valence-electron chi connectivity index (χ1n) is 10.4. The van der Waals surface area contributed by atoms with Crippen LogP contribution in [0, 0.1) is 6.92 Å². The van der Waals surface area contributed by atoms with E-state index in [4.69, 9.17) is 4.98 Å². The van der Waals surface area contributed by atoms with Gasteiger partial charge in [-0.1, -0.05) is 12.1 Å². The maximum absolute atomic E-state index is 13.5. The summed E-state index contributed by atoms with van der Waals surface area (Å²) in [7, 11) is 0. The number of aromatic amines is 1. The molecule has 0 aliphatic heterocycles. The molecule has 0 saturated heterocycles. The number of hydrogen-bond acceptors (Lipinski definition) is 6. The van der Waals surface area contributed by atoms with Crippen LogP contribution in [-0.2, 0) is 0 Å². The van der Waals surface area contributed by atoms with Crippen molar-refractivity contribution in [3.05, 3.63) is 94.7 Å². The zero-order chi connectivity index (χ0) is 22.4. The molecule has 0 bridgehead atoms. The van der Waals surface area contributed by atoms with Gasteiger partial charge in [0, 0.05) is 47.5 Å². The van der Waals surface area contributed by atoms with E-state index >= 15 is 0 Å². The van der Waals surface area contributed by atoms with Crippen LogP contribution >= 0.6 is 11.3 Å². The van der Waals surface area contributed by atoms with Gasteiger partial charge in [0.05, 0.1) is 26.5 Å². The van der Waals surface area contributed by atoms with Crippen molar-refractivity contribution in [1.29, 1.82) is 0 Å². The van der Waals surface area contributed by atoms with E-state index in [2.05, 4.69) is 26.0 Å². The summed E-state index contributed by atoms with van der Waals surface area (Å²) in [5.41, 5.74) is 5.44. The predicted molar refractivity (Wildman–Crippen MR) is 132 cm³/mol. The summed E-state index contributed by atoms with van der Waals surface area (Å²) in [5.74, 6) is 0. The Hall–Kier alpha value is -4.23. The van der Waals surface area contributed by atoms with Gasteiger partial charge in [0.15, 0.2) is 5.43 Å². The van der Waals surface area contributed by atoms with Gasteiger partial charge in [-0.15, -0.1) is 11.3 Å². The summed E-state index contributed by atoms with van der Waals surface area (Å²) in [6, 6.07) is 15.7. The third-order valence-corrected chi connectivity index (χ3v) is 6.54. The van der Waals surface area contributed by atoms with Crippen molar-refractivity contribution in [2.75, 3.05) is 0 Å². The molecule has 7 heteroatoms. The van der Waals surface area contributed by atoms with Crippen LogP contribution in [0.1, 0.15) is 5.01 Å². The van der Waals surface area contributed by atoms with Crippen LogP contribution in [0.5, 0.6) is 0 Å². The molecule has 0 atom stereocenters. The highest BCUT2D eigenvalue weighted by Crippen LogP contribution is 2.36. The molecular formula is C26H17N5OS. The fraction of sp³-hybridized carbons (Fsp3) is 0.0385. The van der Waals surface area contributed by atoms with Crippen LogP contribution in [0.2, 0.25) is 0 Å². The molecule has 33 heavy (non-hydrogen) atoms. The zero-order valence-corrected chi connectivity index (χ0v) is 18.4. The molecule has 0 aliphatic rings. The summed E-state index contributed by atoms with van der Waals surface area (Å²) in [6.45, 7) is 1.97. The van der Waals surface area contributed by atoms with Gasteiger partial charge in [-0.25, -0.2) is 9.97 Å². The second-order valence-corrected chi connectivity index (χ2v) is 8.94. The van der Waals surface area contributed by atoms with Crippen LogP contribution in [0.3, 0.4) is 0 Å². The Kier molecular flexibility index (Phi) is 4.55. The van der Waals surface area contributed by atoms with E-state index in [0.29, 0.717) is 16.6 Å². The average Bonchev–Trinajstić information content (AvgIpc) is 3.30. The summed E-state index contributed by atoms with van der Waals surface area (Å²) in [6.07, 6.45) is 8.70. The molecule has 0 fully saturated rings. The van der Waals surface area contributed by atoms with E-state index in [-0.39, 0.29) is 5.43 Å². The molecule has 1 aromatic carbocycles. The standard InChI is InChI=1S/C26H17N5OS/c1-15-29-14-23(33-15)24-19(17-4-5-22-18(11-17)3-2-8-28-22)12-20-25(32)21(13-30-26(20)31-24)16-6-9-27-10-7-16/h2-14H,1H3,(H,30,31,32). The lowest BCUT2D eigenvalue weighted by atomic mass is 9.99. The van der Waals surface area contributed by atoms with Gasteiger partial charge in [0.25, 0.3) is 0 Å². The minimum absolute atomic E-state index is 0.0711. The molecular weight excluding hydrogens is 430 g/mol. The SMILES string of the molecule is Cc1ncc(-c2nc3[nH]cc(-c4ccncc4)c(=O)c3cc2-c2ccc3ncccc3c2)s1. The van der Waals surface area contributed by atoms with Gasteiger partial charge in [0.1, 0.15) is 5.65 Å². The topological polar surface area (TPSA) is 84.4 Å². The summed E-state index contributed by atoms with van der Waals surface area (Å²) in [4.78, 5) is 35.5. The number of rotatable bonds is 3. The van der Waals surface area contributed by atoms with Crippen LogP contribution in [-0.4, -0.2) is 24.9 Å². The van der Waals surface area contributed by atoms with Gasteiger partial charge in [-0.2, -0.15) is 0 Å². The highest BCUT2D eigenvalue weighted by Gasteiger charge is 2.17. The number of nitrogens with one attached hydrogen (secondary N) is 1. The minimum atomic E-state index is -0.0711. The smallest absolute Gasteiger partial charge is 0.198 e. The number of aryl methyl sites for hydroxylation is 1. The molecule has 6 aromatic rings. The summed E-state index contributed by atoms with van der Waals surface area (Å²) in [5, 5.41) is 2.53. The fourth-order valence-electron chi connectivity index (χ4n) is 4.02. The maximum atomic E-state index is 13.5. The molecule has 0 radical (unpaired) electrons. The predicted octanol–water partition coefficient (Wildman–Crippen LogP) is 5.63. The van der Waals surface area contributed by atoms with Gasteiger partial charge >= 0.3 is 0 Å². The van der Waals surface area contributed by atoms with E-state index in [1.54, 1.807) is 36.1 Å². The lowest BCUT2D eigenvalue weighted by Gasteiger charge is -2.11. The number of nitrogens with zero attached hydrogens (tertiary/aromatic N) is 4. The number of aromatic nitrogens is 5. The molecule has 5 aromatic heterocycles. The third-order valence-electron chi connectivity index (χ3n) is 5.62. The molecule has 0 spiro atoms. The summed E-state index contributed by atoms with van der Waals surface area (Å²) >= 11 is 1.58. The quantitative estimate of drug-likeness (QED) is 0.380. The molecule has 0 aliphatic carbocycles. The van der Waals surface area contributed by atoms with E-state index in [1.807, 2.05) is 55.6 Å². The number of thiazole rings is 1. The molecule has 0 unspecified atom stereocenters. The molecule has 6 nitrogen and oxygen atoms in total. The first kappa shape index (κ1) is 19.5. The second kappa shape index (κ2) is 7.72. The first-order valence-corrected chi connectivity index (χ1v) is 11.2. The van der Waals surface area contributed by atoms with Gasteiger partial charge in [-0.05, 0) is 54.4 Å². The zero-order valence-electron chi connectivity index (χ0n) is 17.6. The van der Waals surface area contributed by atoms with Crippen molar-refractivity contribution >= 4 is 33.3 Å². The number of fused-ring (bicyclic) bond motifs is 2. The Bertz CT molecular complexity index is 1710. The number of hydrogen-bond donors (Lipinski definition) is 1. The van der Waals surface area contributed by atoms with E-state index in [1.165, 1.54) is 0 Å². The molecule has 5 heterocycles. The Morgan fingerprint density at radius 1 is 0.909 bits per heavy atom. The average molecular weight is 448 g/mol. The lowest BCUT2D eigenvalue weighted by molar-refractivity contribution is 1.27. The van der Waals surface area contributed by atoms with Crippen molar-refractivity contribution in [3.8, 4) is 32.8 Å². The largest absolute Gasteiger partial charge is 0.345 e. The van der Waals surface area contributed by atoms with E-state index < -0.39 is 0 Å². The third kappa shape index (κ3) is 3.39. The maximum Gasteiger partial charge on any atom is 0.198 e. The van der Waals surface area contributed by atoms with E-state index in [9.17, 15) is 4.79 Å². The highest BCUT2D eigenvalue weighted by atomic mass is 32.1. The Labute approximate surface area is 192 Å². The van der Waals surface area contributed by atoms with Gasteiger partial charge < -0.3 is 4.98 Å². The van der Waals surface area contributed by atoms with Crippen molar-refractivity contribution in [3.63, 3.8) is 0 Å². The van der Waals surface area contributed by atoms with Gasteiger partial charge in [-0.3, -0.25) is 14.8 Å². The molecule has 158 valence electrons. The number of pyridine rings is 4. The Balaban J connectivity index is 1.65.